The Morgan fingerprint density at radius 1 is 1.18 bits per heavy atom. The molecule has 2 amide bonds. The highest BCUT2D eigenvalue weighted by Gasteiger charge is 2.63. The summed E-state index contributed by atoms with van der Waals surface area (Å²) in [5, 5.41) is 2.94. The summed E-state index contributed by atoms with van der Waals surface area (Å²) in [6, 6.07) is 0. The molecule has 1 N–H and O–H groups in total. The first-order valence-electron chi connectivity index (χ1n) is 10.5. The van der Waals surface area contributed by atoms with Crippen LogP contribution in [0, 0.1) is 23.7 Å². The summed E-state index contributed by atoms with van der Waals surface area (Å²) in [6.45, 7) is 8.38. The second kappa shape index (κ2) is 7.10. The van der Waals surface area contributed by atoms with Gasteiger partial charge >= 0.3 is 0 Å². The number of aryl methyl sites for hydroxylation is 1. The maximum atomic E-state index is 12.9. The Morgan fingerprint density at radius 2 is 1.93 bits per heavy atom. The van der Waals surface area contributed by atoms with Crippen LogP contribution in [0.4, 0.5) is 0 Å². The third-order valence-corrected chi connectivity index (χ3v) is 7.59. The first-order chi connectivity index (χ1) is 13.4. The van der Waals surface area contributed by atoms with Crippen LogP contribution in [0.15, 0.2) is 12.4 Å². The van der Waals surface area contributed by atoms with Gasteiger partial charge in [0.05, 0.1) is 17.3 Å². The van der Waals surface area contributed by atoms with Gasteiger partial charge in [0.15, 0.2) is 0 Å². The maximum Gasteiger partial charge on any atom is 0.274 e. The van der Waals surface area contributed by atoms with Gasteiger partial charge < -0.3 is 15.1 Å². The van der Waals surface area contributed by atoms with Crippen LogP contribution in [-0.4, -0.2) is 71.4 Å². The van der Waals surface area contributed by atoms with Crippen LogP contribution in [0.25, 0.3) is 0 Å². The zero-order valence-electron chi connectivity index (χ0n) is 17.2. The number of carbonyl (C=O) groups excluding carboxylic acids is 2. The van der Waals surface area contributed by atoms with Crippen LogP contribution in [0.1, 0.15) is 48.8 Å². The Bertz CT molecular complexity index is 757. The lowest BCUT2D eigenvalue weighted by Gasteiger charge is -2.44. The summed E-state index contributed by atoms with van der Waals surface area (Å²) in [4.78, 5) is 38.5. The number of piperidine rings is 1. The van der Waals surface area contributed by atoms with Crippen LogP contribution >= 0.6 is 0 Å². The highest BCUT2D eigenvalue weighted by molar-refractivity contribution is 5.92. The molecule has 3 heterocycles. The topological polar surface area (TPSA) is 78.4 Å². The van der Waals surface area contributed by atoms with Crippen LogP contribution in [-0.2, 0) is 4.79 Å². The highest BCUT2D eigenvalue weighted by Crippen LogP contribution is 2.62. The Kier molecular flexibility index (Phi) is 4.89. The van der Waals surface area contributed by atoms with Gasteiger partial charge in [0, 0.05) is 39.4 Å². The molecule has 1 saturated carbocycles. The molecular weight excluding hydrogens is 354 g/mol. The molecule has 2 saturated heterocycles. The molecular formula is C21H31N5O2. The van der Waals surface area contributed by atoms with E-state index in [0.717, 1.165) is 64.1 Å². The molecule has 7 heteroatoms. The predicted octanol–water partition coefficient (Wildman–Crippen LogP) is 1.49. The molecule has 152 valence electrons. The van der Waals surface area contributed by atoms with Gasteiger partial charge in [0.25, 0.3) is 5.91 Å². The summed E-state index contributed by atoms with van der Waals surface area (Å²) in [6.07, 6.45) is 7.22. The average Bonchev–Trinajstić information content (AvgIpc) is 3.25. The molecule has 3 fully saturated rings. The van der Waals surface area contributed by atoms with Crippen molar-refractivity contribution < 1.29 is 9.59 Å². The van der Waals surface area contributed by atoms with Gasteiger partial charge in [-0.2, -0.15) is 0 Å². The van der Waals surface area contributed by atoms with Gasteiger partial charge in [0.1, 0.15) is 5.69 Å². The predicted molar refractivity (Wildman–Crippen MR) is 106 cm³/mol. The van der Waals surface area contributed by atoms with Crippen molar-refractivity contribution in [3.05, 3.63) is 23.8 Å². The minimum absolute atomic E-state index is 0.0282. The van der Waals surface area contributed by atoms with Gasteiger partial charge in [-0.05, 0) is 50.5 Å². The van der Waals surface area contributed by atoms with Crippen molar-refractivity contribution in [3.8, 4) is 0 Å². The van der Waals surface area contributed by atoms with E-state index >= 15 is 0 Å². The molecule has 2 atom stereocenters. The van der Waals surface area contributed by atoms with Crippen molar-refractivity contribution in [2.24, 2.45) is 16.7 Å². The average molecular weight is 386 g/mol. The fourth-order valence-electron chi connectivity index (χ4n) is 5.94. The van der Waals surface area contributed by atoms with E-state index in [2.05, 4.69) is 27.1 Å². The third kappa shape index (κ3) is 2.91. The molecule has 0 unspecified atom stereocenters. The van der Waals surface area contributed by atoms with Crippen molar-refractivity contribution in [3.63, 3.8) is 0 Å². The Balaban J connectivity index is 1.50. The Morgan fingerprint density at radius 3 is 2.54 bits per heavy atom. The molecule has 1 aliphatic carbocycles. The van der Waals surface area contributed by atoms with Crippen LogP contribution in [0.2, 0.25) is 0 Å². The van der Waals surface area contributed by atoms with E-state index in [9.17, 15) is 9.59 Å². The first kappa shape index (κ1) is 19.3. The van der Waals surface area contributed by atoms with E-state index in [1.54, 1.807) is 19.4 Å². The summed E-state index contributed by atoms with van der Waals surface area (Å²) >= 11 is 0. The second-order valence-corrected chi connectivity index (χ2v) is 8.81. The number of likely N-dealkylation sites (tertiary alicyclic amines) is 2. The van der Waals surface area contributed by atoms with Gasteiger partial charge in [0.2, 0.25) is 5.91 Å². The normalized spacial score (nSPS) is 29.1. The van der Waals surface area contributed by atoms with E-state index in [1.165, 1.54) is 0 Å². The molecule has 28 heavy (non-hydrogen) atoms. The molecule has 0 aromatic carbocycles. The molecule has 4 rings (SSSR count). The molecule has 2 aliphatic heterocycles. The van der Waals surface area contributed by atoms with E-state index in [-0.39, 0.29) is 22.6 Å². The molecule has 3 aliphatic rings. The minimum atomic E-state index is -0.251. The zero-order valence-corrected chi connectivity index (χ0v) is 17.2. The quantitative estimate of drug-likeness (QED) is 0.853. The largest absolute Gasteiger partial charge is 0.359 e. The number of fused-ring (bicyclic) bond motifs is 2. The number of nitrogens with one attached hydrogen (secondary N) is 1. The standard InChI is InChI=1S/C21H31N5O2/c1-4-25-13-17-20(5-6-21(17,14-25)19(28)22-3)7-9-26(10-8-20)18(27)16-12-23-15(2)11-24-16/h11-12,17H,4-10,13-14H2,1-3H3,(H,22,28)/t17-,21+/m1/s1. The zero-order chi connectivity index (χ0) is 19.9. The molecule has 1 spiro atoms. The van der Waals surface area contributed by atoms with Gasteiger partial charge in [-0.15, -0.1) is 0 Å². The van der Waals surface area contributed by atoms with E-state index < -0.39 is 0 Å². The fourth-order valence-corrected chi connectivity index (χ4v) is 5.94. The number of hydrogen-bond donors (Lipinski definition) is 1. The second-order valence-electron chi connectivity index (χ2n) is 8.81. The minimum Gasteiger partial charge on any atom is -0.359 e. The first-order valence-corrected chi connectivity index (χ1v) is 10.5. The van der Waals surface area contributed by atoms with Gasteiger partial charge in [-0.1, -0.05) is 6.92 Å². The Hall–Kier alpha value is -2.02. The number of nitrogens with zero attached hydrogens (tertiary/aromatic N) is 4. The van der Waals surface area contributed by atoms with Crippen molar-refractivity contribution in [1.29, 1.82) is 0 Å². The van der Waals surface area contributed by atoms with Crippen molar-refractivity contribution in [1.82, 2.24) is 25.1 Å². The summed E-state index contributed by atoms with van der Waals surface area (Å²) in [5.41, 5.74) is 1.16. The fraction of sp³-hybridized carbons (Fsp3) is 0.714. The number of rotatable bonds is 3. The molecule has 7 nitrogen and oxygen atoms in total. The number of amides is 2. The molecule has 1 aromatic rings. The molecule has 1 aromatic heterocycles. The van der Waals surface area contributed by atoms with Gasteiger partial charge in [-0.25, -0.2) is 4.98 Å². The lowest BCUT2D eigenvalue weighted by Crippen LogP contribution is -2.49. The van der Waals surface area contributed by atoms with Crippen LogP contribution in [0.3, 0.4) is 0 Å². The van der Waals surface area contributed by atoms with Crippen molar-refractivity contribution in [2.45, 2.75) is 39.5 Å². The number of hydrogen-bond acceptors (Lipinski definition) is 5. The summed E-state index contributed by atoms with van der Waals surface area (Å²) < 4.78 is 0. The van der Waals surface area contributed by atoms with E-state index in [0.29, 0.717) is 11.6 Å². The van der Waals surface area contributed by atoms with Crippen molar-refractivity contribution in [2.75, 3.05) is 39.8 Å². The van der Waals surface area contributed by atoms with Crippen molar-refractivity contribution >= 4 is 11.8 Å². The highest BCUT2D eigenvalue weighted by atomic mass is 16.2. The van der Waals surface area contributed by atoms with Crippen LogP contribution in [0.5, 0.6) is 0 Å². The lowest BCUT2D eigenvalue weighted by atomic mass is 9.65. The monoisotopic (exact) mass is 385 g/mol. The Labute approximate surface area is 166 Å². The van der Waals surface area contributed by atoms with E-state index in [1.807, 2.05) is 11.8 Å². The maximum absolute atomic E-state index is 12.9. The smallest absolute Gasteiger partial charge is 0.274 e. The van der Waals surface area contributed by atoms with E-state index in [4.69, 9.17) is 0 Å². The third-order valence-electron chi connectivity index (χ3n) is 7.59. The number of carbonyl (C=O) groups is 2. The van der Waals surface area contributed by atoms with Crippen LogP contribution < -0.4 is 5.32 Å². The lowest BCUT2D eigenvalue weighted by molar-refractivity contribution is -0.132. The summed E-state index contributed by atoms with van der Waals surface area (Å²) in [5.74, 6) is 0.564. The SMILES string of the molecule is CCN1C[C@@H]2C3(CCN(C(=O)c4cnc(C)cn4)CC3)CC[C@]2(C(=O)NC)C1. The molecule has 0 bridgehead atoms. The van der Waals surface area contributed by atoms with Gasteiger partial charge in [-0.3, -0.25) is 14.6 Å². The summed E-state index contributed by atoms with van der Waals surface area (Å²) in [7, 11) is 1.76. The number of aromatic nitrogens is 2. The molecule has 0 radical (unpaired) electrons.